The first kappa shape index (κ1) is 18.9. The highest BCUT2D eigenvalue weighted by Gasteiger charge is 2.57. The summed E-state index contributed by atoms with van der Waals surface area (Å²) < 4.78 is 24.8. The van der Waals surface area contributed by atoms with Crippen molar-refractivity contribution in [3.8, 4) is 0 Å². The predicted octanol–water partition coefficient (Wildman–Crippen LogP) is 1.32. The fourth-order valence-corrected chi connectivity index (χ4v) is 6.00. The van der Waals surface area contributed by atoms with Gasteiger partial charge in [0, 0.05) is 25.6 Å². The van der Waals surface area contributed by atoms with E-state index < -0.39 is 15.6 Å². The van der Waals surface area contributed by atoms with Crippen LogP contribution in [0.1, 0.15) is 31.2 Å². The molecule has 1 aromatic rings. The van der Waals surface area contributed by atoms with Gasteiger partial charge in [0.1, 0.15) is 0 Å². The second-order valence-corrected chi connectivity index (χ2v) is 10.4. The number of hydrogen-bond acceptors (Lipinski definition) is 4. The smallest absolute Gasteiger partial charge is 0.256 e. The number of carbonyl (C=O) groups excluding carboxylic acids is 1. The second kappa shape index (κ2) is 6.87. The molecule has 2 N–H and O–H groups in total. The summed E-state index contributed by atoms with van der Waals surface area (Å²) in [6.07, 6.45) is 5.05. The Balaban J connectivity index is 1.41. The van der Waals surface area contributed by atoms with E-state index in [4.69, 9.17) is 0 Å². The van der Waals surface area contributed by atoms with Gasteiger partial charge in [-0.3, -0.25) is 4.79 Å². The molecule has 2 unspecified atom stereocenters. The summed E-state index contributed by atoms with van der Waals surface area (Å²) >= 11 is 0. The summed E-state index contributed by atoms with van der Waals surface area (Å²) in [5, 5.41) is 14.4. The average Bonchev–Trinajstić information content (AvgIpc) is 3.08. The number of piperidine rings is 1. The van der Waals surface area contributed by atoms with Crippen molar-refractivity contribution in [1.29, 1.82) is 0 Å². The van der Waals surface area contributed by atoms with E-state index in [0.29, 0.717) is 43.0 Å². The minimum absolute atomic E-state index is 0.0562. The Bertz CT molecular complexity index is 795. The highest BCUT2D eigenvalue weighted by molar-refractivity contribution is 7.88. The first-order valence-corrected chi connectivity index (χ1v) is 11.7. The molecule has 148 valence electrons. The molecule has 1 heterocycles. The maximum Gasteiger partial charge on any atom is 0.256 e. The van der Waals surface area contributed by atoms with Gasteiger partial charge in [0.05, 0.1) is 6.26 Å². The van der Waals surface area contributed by atoms with Crippen molar-refractivity contribution in [2.45, 2.75) is 31.3 Å². The monoisotopic (exact) mass is 392 g/mol. The number of nitrogens with zero attached hydrogens (tertiary/aromatic N) is 1. The highest BCUT2D eigenvalue weighted by atomic mass is 32.2. The Labute approximate surface area is 161 Å². The maximum atomic E-state index is 13.1. The average molecular weight is 393 g/mol. The van der Waals surface area contributed by atoms with E-state index in [9.17, 15) is 18.3 Å². The van der Waals surface area contributed by atoms with Crippen molar-refractivity contribution in [1.82, 2.24) is 9.62 Å². The fraction of sp³-hybridized carbons (Fsp3) is 0.650. The Morgan fingerprint density at radius 2 is 1.78 bits per heavy atom. The van der Waals surface area contributed by atoms with Crippen molar-refractivity contribution in [2.75, 3.05) is 25.9 Å². The fourth-order valence-electron chi connectivity index (χ4n) is 5.12. The van der Waals surface area contributed by atoms with Gasteiger partial charge in [-0.05, 0) is 36.2 Å². The van der Waals surface area contributed by atoms with Crippen LogP contribution in [0, 0.1) is 23.7 Å². The lowest BCUT2D eigenvalue weighted by Gasteiger charge is -2.33. The number of amides is 1. The van der Waals surface area contributed by atoms with Crippen molar-refractivity contribution in [3.63, 3.8) is 0 Å². The SMILES string of the molecule is CS(=O)(=O)N1CC2[C@H](CNC(=O)C(O)(c3ccccc3)C3CCCC3)[C@H]2C1. The summed E-state index contributed by atoms with van der Waals surface area (Å²) in [6, 6.07) is 9.25. The zero-order valence-corrected chi connectivity index (χ0v) is 16.5. The topological polar surface area (TPSA) is 86.7 Å². The van der Waals surface area contributed by atoms with E-state index in [2.05, 4.69) is 5.32 Å². The molecule has 0 bridgehead atoms. The second-order valence-electron chi connectivity index (χ2n) is 8.40. The molecule has 2 saturated carbocycles. The summed E-state index contributed by atoms with van der Waals surface area (Å²) in [4.78, 5) is 13.1. The Morgan fingerprint density at radius 1 is 1.19 bits per heavy atom. The summed E-state index contributed by atoms with van der Waals surface area (Å²) in [6.45, 7) is 1.61. The van der Waals surface area contributed by atoms with Gasteiger partial charge in [0.25, 0.3) is 5.91 Å². The van der Waals surface area contributed by atoms with Crippen LogP contribution in [-0.2, 0) is 20.4 Å². The molecule has 1 aromatic carbocycles. The minimum atomic E-state index is -3.12. The van der Waals surface area contributed by atoms with E-state index in [1.807, 2.05) is 30.3 Å². The molecule has 0 aromatic heterocycles. The Kier molecular flexibility index (Phi) is 4.81. The molecule has 27 heavy (non-hydrogen) atoms. The molecular formula is C20H28N2O4S. The van der Waals surface area contributed by atoms with Crippen LogP contribution in [0.15, 0.2) is 30.3 Å². The number of aliphatic hydroxyl groups is 1. The molecule has 4 rings (SSSR count). The third-order valence-electron chi connectivity index (χ3n) is 6.81. The summed E-state index contributed by atoms with van der Waals surface area (Å²) in [5.74, 6) is 0.605. The molecule has 1 aliphatic heterocycles. The minimum Gasteiger partial charge on any atom is -0.375 e. The number of rotatable bonds is 6. The van der Waals surface area contributed by atoms with Crippen LogP contribution in [0.3, 0.4) is 0 Å². The number of benzene rings is 1. The molecule has 2 aliphatic carbocycles. The van der Waals surface area contributed by atoms with Gasteiger partial charge in [-0.25, -0.2) is 12.7 Å². The molecule has 0 radical (unpaired) electrons. The standard InChI is InChI=1S/C20H28N2O4S/c1-27(25,26)22-12-17-16(18(17)13-22)11-21-19(23)20(24,15-9-5-6-10-15)14-7-3-2-4-8-14/h2-4,7-8,15-18,24H,5-6,9-13H2,1H3,(H,21,23)/t16-,17-,18?,20?/m1/s1. The molecule has 4 atom stereocenters. The van der Waals surface area contributed by atoms with Crippen LogP contribution in [-0.4, -0.2) is 49.6 Å². The normalized spacial score (nSPS) is 30.7. The van der Waals surface area contributed by atoms with Gasteiger partial charge in [-0.2, -0.15) is 0 Å². The molecule has 3 aliphatic rings. The van der Waals surface area contributed by atoms with E-state index in [0.717, 1.165) is 25.7 Å². The number of nitrogens with one attached hydrogen (secondary N) is 1. The van der Waals surface area contributed by atoms with Crippen molar-refractivity contribution in [3.05, 3.63) is 35.9 Å². The number of fused-ring (bicyclic) bond motifs is 1. The lowest BCUT2D eigenvalue weighted by Crippen LogP contribution is -2.49. The summed E-state index contributed by atoms with van der Waals surface area (Å²) in [7, 11) is -3.12. The highest BCUT2D eigenvalue weighted by Crippen LogP contribution is 2.52. The van der Waals surface area contributed by atoms with E-state index in [-0.39, 0.29) is 11.8 Å². The van der Waals surface area contributed by atoms with Crippen LogP contribution in [0.5, 0.6) is 0 Å². The third kappa shape index (κ3) is 3.41. The molecule has 0 spiro atoms. The first-order valence-electron chi connectivity index (χ1n) is 9.83. The van der Waals surface area contributed by atoms with Crippen LogP contribution in [0.2, 0.25) is 0 Å². The van der Waals surface area contributed by atoms with E-state index in [1.165, 1.54) is 10.6 Å². The van der Waals surface area contributed by atoms with Gasteiger partial charge in [-0.15, -0.1) is 0 Å². The summed E-state index contributed by atoms with van der Waals surface area (Å²) in [5.41, 5.74) is -0.825. The lowest BCUT2D eigenvalue weighted by atomic mass is 9.79. The molecule has 3 fully saturated rings. The third-order valence-corrected chi connectivity index (χ3v) is 8.05. The van der Waals surface area contributed by atoms with Crippen LogP contribution in [0.25, 0.3) is 0 Å². The number of sulfonamides is 1. The molecule has 1 saturated heterocycles. The molecule has 7 heteroatoms. The van der Waals surface area contributed by atoms with Gasteiger partial charge in [-0.1, -0.05) is 43.2 Å². The van der Waals surface area contributed by atoms with Gasteiger partial charge >= 0.3 is 0 Å². The first-order chi connectivity index (χ1) is 12.8. The molecule has 6 nitrogen and oxygen atoms in total. The largest absolute Gasteiger partial charge is 0.375 e. The molecular weight excluding hydrogens is 364 g/mol. The quantitative estimate of drug-likeness (QED) is 0.764. The predicted molar refractivity (Wildman–Crippen MR) is 102 cm³/mol. The van der Waals surface area contributed by atoms with E-state index >= 15 is 0 Å². The number of hydrogen-bond donors (Lipinski definition) is 2. The molecule has 1 amide bonds. The van der Waals surface area contributed by atoms with Crippen molar-refractivity contribution >= 4 is 15.9 Å². The number of carbonyl (C=O) groups is 1. The van der Waals surface area contributed by atoms with Crippen LogP contribution >= 0.6 is 0 Å². The van der Waals surface area contributed by atoms with Gasteiger partial charge < -0.3 is 10.4 Å². The zero-order chi connectivity index (χ0) is 19.2. The Morgan fingerprint density at radius 3 is 2.33 bits per heavy atom. The lowest BCUT2D eigenvalue weighted by molar-refractivity contribution is -0.147. The van der Waals surface area contributed by atoms with E-state index in [1.54, 1.807) is 0 Å². The van der Waals surface area contributed by atoms with Crippen LogP contribution < -0.4 is 5.32 Å². The zero-order valence-electron chi connectivity index (χ0n) is 15.7. The van der Waals surface area contributed by atoms with Crippen molar-refractivity contribution in [2.24, 2.45) is 23.7 Å². The van der Waals surface area contributed by atoms with Gasteiger partial charge in [0.15, 0.2) is 5.60 Å². The van der Waals surface area contributed by atoms with Crippen LogP contribution in [0.4, 0.5) is 0 Å². The van der Waals surface area contributed by atoms with Gasteiger partial charge in [0.2, 0.25) is 10.0 Å². The Hall–Kier alpha value is -1.44. The maximum absolute atomic E-state index is 13.1. The van der Waals surface area contributed by atoms with Crippen molar-refractivity contribution < 1.29 is 18.3 Å².